The molecule has 1 aromatic heterocycles. The third-order valence-corrected chi connectivity index (χ3v) is 4.96. The fourth-order valence-electron chi connectivity index (χ4n) is 3.35. The number of hydrogen-bond acceptors (Lipinski definition) is 4. The summed E-state index contributed by atoms with van der Waals surface area (Å²) in [6, 6.07) is 8.28. The van der Waals surface area contributed by atoms with Crippen molar-refractivity contribution in [3.63, 3.8) is 0 Å². The lowest BCUT2D eigenvalue weighted by molar-refractivity contribution is 0.0234. The number of carbonyl (C=O) groups is 1. The molecule has 0 fully saturated rings. The summed E-state index contributed by atoms with van der Waals surface area (Å²) in [5.74, 6) is -1.23. The molecule has 8 heteroatoms. The number of benzene rings is 2. The van der Waals surface area contributed by atoms with Gasteiger partial charge in [-0.3, -0.25) is 4.79 Å². The van der Waals surface area contributed by atoms with Gasteiger partial charge in [0.15, 0.2) is 0 Å². The van der Waals surface area contributed by atoms with Crippen LogP contribution in [-0.2, 0) is 17.7 Å². The summed E-state index contributed by atoms with van der Waals surface area (Å²) in [5.41, 5.74) is 0.163. The first-order chi connectivity index (χ1) is 14.9. The highest BCUT2D eigenvalue weighted by molar-refractivity contribution is 5.87. The summed E-state index contributed by atoms with van der Waals surface area (Å²) in [7, 11) is 0. The smallest absolute Gasteiger partial charge is 0.410 e. The van der Waals surface area contributed by atoms with Gasteiger partial charge in [-0.25, -0.2) is 13.6 Å². The number of H-pyrrole nitrogens is 1. The fraction of sp³-hybridized carbons (Fsp3) is 0.333. The molecule has 0 aliphatic rings. The Morgan fingerprint density at radius 3 is 2.50 bits per heavy atom. The maximum Gasteiger partial charge on any atom is 0.410 e. The van der Waals surface area contributed by atoms with Crippen LogP contribution in [0.3, 0.4) is 0 Å². The number of aromatic hydroxyl groups is 1. The van der Waals surface area contributed by atoms with Crippen LogP contribution < -0.4 is 5.56 Å². The van der Waals surface area contributed by atoms with E-state index in [-0.39, 0.29) is 35.5 Å². The van der Waals surface area contributed by atoms with Crippen molar-refractivity contribution in [3.8, 4) is 5.75 Å². The lowest BCUT2D eigenvalue weighted by atomic mass is 10.0. The largest absolute Gasteiger partial charge is 0.506 e. The zero-order chi connectivity index (χ0) is 23.6. The average Bonchev–Trinajstić information content (AvgIpc) is 2.69. The van der Waals surface area contributed by atoms with E-state index in [1.165, 1.54) is 24.0 Å². The fourth-order valence-corrected chi connectivity index (χ4v) is 3.35. The topological polar surface area (TPSA) is 82.6 Å². The van der Waals surface area contributed by atoms with Crippen LogP contribution in [0.2, 0.25) is 0 Å². The highest BCUT2D eigenvalue weighted by Gasteiger charge is 2.24. The van der Waals surface area contributed by atoms with Gasteiger partial charge >= 0.3 is 6.09 Å². The van der Waals surface area contributed by atoms with E-state index >= 15 is 0 Å². The zero-order valence-corrected chi connectivity index (χ0v) is 18.5. The normalized spacial score (nSPS) is 11.6. The molecule has 0 bridgehead atoms. The second-order valence-electron chi connectivity index (χ2n) is 8.70. The van der Waals surface area contributed by atoms with Crippen LogP contribution in [0.25, 0.3) is 10.9 Å². The summed E-state index contributed by atoms with van der Waals surface area (Å²) in [6.45, 7) is 6.60. The number of nitrogens with zero attached hydrogens (tertiary/aromatic N) is 1. The molecule has 1 amide bonds. The van der Waals surface area contributed by atoms with Gasteiger partial charge < -0.3 is 19.7 Å². The number of rotatable bonds is 5. The molecule has 0 saturated heterocycles. The maximum atomic E-state index is 14.4. The number of halogens is 2. The number of carbonyl (C=O) groups excluding carboxylic acids is 1. The maximum absolute atomic E-state index is 14.4. The molecule has 170 valence electrons. The highest BCUT2D eigenvalue weighted by atomic mass is 19.1. The van der Waals surface area contributed by atoms with E-state index in [1.807, 2.05) is 0 Å². The molecule has 6 nitrogen and oxygen atoms in total. The average molecular weight is 444 g/mol. The molecular formula is C24H26F2N2O4. The molecule has 0 aliphatic heterocycles. The first-order valence-corrected chi connectivity index (χ1v) is 10.2. The molecule has 1 heterocycles. The van der Waals surface area contributed by atoms with Gasteiger partial charge in [0, 0.05) is 23.6 Å². The van der Waals surface area contributed by atoms with E-state index in [9.17, 15) is 23.5 Å². The Hall–Kier alpha value is -3.42. The molecule has 0 atom stereocenters. The number of hydrogen-bond donors (Lipinski definition) is 2. The van der Waals surface area contributed by atoms with Gasteiger partial charge in [0.25, 0.3) is 0 Å². The Morgan fingerprint density at radius 2 is 1.81 bits per heavy atom. The van der Waals surface area contributed by atoms with Crippen LogP contribution in [0.1, 0.15) is 37.5 Å². The summed E-state index contributed by atoms with van der Waals surface area (Å²) in [5, 5.41) is 10.7. The Bertz CT molecular complexity index is 1220. The van der Waals surface area contributed by atoms with E-state index < -0.39 is 23.3 Å². The zero-order valence-electron chi connectivity index (χ0n) is 18.5. The molecule has 0 spiro atoms. The summed E-state index contributed by atoms with van der Waals surface area (Å²) in [6.07, 6.45) is -0.327. The van der Waals surface area contributed by atoms with Crippen LogP contribution in [0.5, 0.6) is 5.75 Å². The lowest BCUT2D eigenvalue weighted by Gasteiger charge is -2.28. The van der Waals surface area contributed by atoms with Crippen LogP contribution in [-0.4, -0.2) is 33.2 Å². The summed E-state index contributed by atoms with van der Waals surface area (Å²) < 4.78 is 33.9. The Balaban J connectivity index is 1.90. The Labute approximate surface area is 184 Å². The molecule has 0 saturated carbocycles. The van der Waals surface area contributed by atoms with Crippen molar-refractivity contribution in [1.29, 1.82) is 0 Å². The molecule has 32 heavy (non-hydrogen) atoms. The number of ether oxygens (including phenoxy) is 1. The molecule has 3 rings (SSSR count). The van der Waals surface area contributed by atoms with Crippen molar-refractivity contribution in [2.24, 2.45) is 0 Å². The molecule has 2 N–H and O–H groups in total. The predicted molar refractivity (Wildman–Crippen MR) is 118 cm³/mol. The number of phenolic OH excluding ortho intramolecular Hbond substituents is 1. The standard InChI is InChI=1S/C24H26F2N2O4/c1-14-11-19(26)16(12-18(14)25)13-28(23(31)32-24(2,3)4)10-9-15-5-7-20(29)22-17(15)6-8-21(30)27-22/h5-8,11-12,29H,9-10,13H2,1-4H3,(H,27,30). The minimum absolute atomic E-state index is 0.0406. The van der Waals surface area contributed by atoms with Crippen LogP contribution in [0.4, 0.5) is 13.6 Å². The Kier molecular flexibility index (Phi) is 6.52. The van der Waals surface area contributed by atoms with Crippen LogP contribution in [0, 0.1) is 18.6 Å². The van der Waals surface area contributed by atoms with Crippen molar-refractivity contribution in [2.75, 3.05) is 6.54 Å². The molecule has 3 aromatic rings. The van der Waals surface area contributed by atoms with Crippen molar-refractivity contribution in [1.82, 2.24) is 9.88 Å². The van der Waals surface area contributed by atoms with E-state index in [2.05, 4.69) is 4.98 Å². The first-order valence-electron chi connectivity index (χ1n) is 10.2. The van der Waals surface area contributed by atoms with Gasteiger partial charge in [0.2, 0.25) is 5.56 Å². The minimum atomic E-state index is -0.767. The number of phenols is 1. The van der Waals surface area contributed by atoms with Gasteiger partial charge in [-0.05, 0) is 69.5 Å². The van der Waals surface area contributed by atoms with Crippen molar-refractivity contribution >= 4 is 17.0 Å². The summed E-state index contributed by atoms with van der Waals surface area (Å²) >= 11 is 0. The van der Waals surface area contributed by atoms with Crippen LogP contribution >= 0.6 is 0 Å². The van der Waals surface area contributed by atoms with E-state index in [0.717, 1.165) is 17.7 Å². The van der Waals surface area contributed by atoms with Crippen LogP contribution in [0.15, 0.2) is 41.2 Å². The molecular weight excluding hydrogens is 418 g/mol. The number of amides is 1. The van der Waals surface area contributed by atoms with Gasteiger partial charge in [-0.2, -0.15) is 0 Å². The van der Waals surface area contributed by atoms with E-state index in [4.69, 9.17) is 4.74 Å². The second-order valence-corrected chi connectivity index (χ2v) is 8.70. The number of aromatic nitrogens is 1. The first kappa shape index (κ1) is 23.2. The highest BCUT2D eigenvalue weighted by Crippen LogP contribution is 2.26. The lowest BCUT2D eigenvalue weighted by Crippen LogP contribution is -2.38. The third-order valence-electron chi connectivity index (χ3n) is 4.96. The van der Waals surface area contributed by atoms with Gasteiger partial charge in [0.05, 0.1) is 12.1 Å². The van der Waals surface area contributed by atoms with Crippen molar-refractivity contribution in [2.45, 2.75) is 46.3 Å². The monoisotopic (exact) mass is 444 g/mol. The number of nitrogens with one attached hydrogen (secondary N) is 1. The third kappa shape index (κ3) is 5.43. The molecule has 0 unspecified atom stereocenters. The second kappa shape index (κ2) is 8.98. The number of fused-ring (bicyclic) bond motifs is 1. The SMILES string of the molecule is Cc1cc(F)c(CN(CCc2ccc(O)c3[nH]c(=O)ccc23)C(=O)OC(C)(C)C)cc1F. The summed E-state index contributed by atoms with van der Waals surface area (Å²) in [4.78, 5) is 28.3. The molecule has 2 aromatic carbocycles. The predicted octanol–water partition coefficient (Wildman–Crippen LogP) is 4.80. The minimum Gasteiger partial charge on any atom is -0.506 e. The number of pyridine rings is 1. The van der Waals surface area contributed by atoms with Crippen molar-refractivity contribution in [3.05, 3.63) is 75.1 Å². The van der Waals surface area contributed by atoms with E-state index in [0.29, 0.717) is 17.3 Å². The van der Waals surface area contributed by atoms with E-state index in [1.54, 1.807) is 32.9 Å². The van der Waals surface area contributed by atoms with Crippen molar-refractivity contribution < 1.29 is 23.4 Å². The number of aromatic amines is 1. The van der Waals surface area contributed by atoms with Gasteiger partial charge in [0.1, 0.15) is 23.0 Å². The quantitative estimate of drug-likeness (QED) is 0.592. The Morgan fingerprint density at radius 1 is 1.09 bits per heavy atom. The molecule has 0 radical (unpaired) electrons. The molecule has 0 aliphatic carbocycles. The number of aryl methyl sites for hydroxylation is 1. The van der Waals surface area contributed by atoms with Gasteiger partial charge in [-0.15, -0.1) is 0 Å². The van der Waals surface area contributed by atoms with Gasteiger partial charge in [-0.1, -0.05) is 6.07 Å².